The lowest BCUT2D eigenvalue weighted by Gasteiger charge is -2.09. The number of rotatable bonds is 6. The number of fused-ring (bicyclic) bond motifs is 1. The molecule has 0 spiro atoms. The summed E-state index contributed by atoms with van der Waals surface area (Å²) in [5, 5.41) is 2.76. The molecule has 1 heterocycles. The van der Waals surface area contributed by atoms with E-state index in [1.165, 1.54) is 12.1 Å². The molecule has 2 aromatic carbocycles. The number of hydrogen-bond acceptors (Lipinski definition) is 4. The molecule has 7 heteroatoms. The number of carbonyl (C=O) groups is 1. The summed E-state index contributed by atoms with van der Waals surface area (Å²) in [6.45, 7) is 6.31. The van der Waals surface area contributed by atoms with Gasteiger partial charge in [0, 0.05) is 23.4 Å². The van der Waals surface area contributed by atoms with Gasteiger partial charge in [-0.25, -0.2) is 13.1 Å². The third-order valence-electron chi connectivity index (χ3n) is 4.25. The molecule has 1 amide bonds. The van der Waals surface area contributed by atoms with Crippen molar-refractivity contribution in [2.75, 3.05) is 11.9 Å². The van der Waals surface area contributed by atoms with Gasteiger partial charge in [-0.2, -0.15) is 0 Å². The van der Waals surface area contributed by atoms with Crippen LogP contribution in [0.4, 0.5) is 5.69 Å². The monoisotopic (exact) mass is 386 g/mol. The Labute approximate surface area is 159 Å². The lowest BCUT2D eigenvalue weighted by Crippen LogP contribution is -2.23. The normalized spacial score (nSPS) is 13.3. The van der Waals surface area contributed by atoms with E-state index in [1.807, 2.05) is 32.9 Å². The summed E-state index contributed by atoms with van der Waals surface area (Å²) in [4.78, 5) is 12.2. The van der Waals surface area contributed by atoms with Crippen molar-refractivity contribution >= 4 is 27.2 Å². The number of amides is 1. The Bertz CT molecular complexity index is 1000. The quantitative estimate of drug-likeness (QED) is 0.746. The fourth-order valence-electron chi connectivity index (χ4n) is 2.94. The average Bonchev–Trinajstić information content (AvgIpc) is 2.96. The van der Waals surface area contributed by atoms with Crippen molar-refractivity contribution in [2.45, 2.75) is 32.2 Å². The van der Waals surface area contributed by atoms with Crippen LogP contribution >= 0.6 is 0 Å². The van der Waals surface area contributed by atoms with Gasteiger partial charge in [0.25, 0.3) is 5.91 Å². The molecule has 0 atom stereocenters. The second-order valence-electron chi connectivity index (χ2n) is 6.44. The Balaban J connectivity index is 1.80. The Morgan fingerprint density at radius 2 is 1.81 bits per heavy atom. The zero-order chi connectivity index (χ0) is 19.6. The van der Waals surface area contributed by atoms with Gasteiger partial charge in [0.15, 0.2) is 0 Å². The molecule has 2 aromatic rings. The van der Waals surface area contributed by atoms with E-state index in [4.69, 9.17) is 4.74 Å². The van der Waals surface area contributed by atoms with Gasteiger partial charge in [-0.15, -0.1) is 0 Å². The van der Waals surface area contributed by atoms with Crippen LogP contribution in [0.2, 0.25) is 0 Å². The van der Waals surface area contributed by atoms with Gasteiger partial charge in [0.2, 0.25) is 10.0 Å². The molecule has 0 bridgehead atoms. The Morgan fingerprint density at radius 1 is 1.11 bits per heavy atom. The fraction of sp³-hybridized carbons (Fsp3) is 0.250. The molecule has 6 nitrogen and oxygen atoms in total. The van der Waals surface area contributed by atoms with E-state index in [-0.39, 0.29) is 17.3 Å². The van der Waals surface area contributed by atoms with E-state index in [9.17, 15) is 13.2 Å². The topological polar surface area (TPSA) is 84.5 Å². The first kappa shape index (κ1) is 19.1. The van der Waals surface area contributed by atoms with Gasteiger partial charge in [0.1, 0.15) is 5.75 Å². The molecule has 1 aliphatic heterocycles. The standard InChI is InChI=1S/C20H22N2O4S/c1-4-26-15-7-5-14(6-8-15)12-21-27(24,25)16-9-10-18-17(11-16)19(13(2)3)20(23)22-18/h5-11,21H,4,12H2,1-3H3,(H,22,23). The molecule has 142 valence electrons. The highest BCUT2D eigenvalue weighted by Gasteiger charge is 2.27. The molecular weight excluding hydrogens is 364 g/mol. The average molecular weight is 386 g/mol. The number of anilines is 1. The highest BCUT2D eigenvalue weighted by atomic mass is 32.2. The molecule has 2 N–H and O–H groups in total. The van der Waals surface area contributed by atoms with Crippen molar-refractivity contribution in [3.63, 3.8) is 0 Å². The van der Waals surface area contributed by atoms with Crippen LogP contribution in [-0.4, -0.2) is 20.9 Å². The minimum atomic E-state index is -3.71. The van der Waals surface area contributed by atoms with Crippen molar-refractivity contribution in [2.24, 2.45) is 0 Å². The fourth-order valence-corrected chi connectivity index (χ4v) is 3.99. The smallest absolute Gasteiger partial charge is 0.256 e. The van der Waals surface area contributed by atoms with Crippen LogP contribution in [0.1, 0.15) is 31.9 Å². The zero-order valence-electron chi connectivity index (χ0n) is 15.5. The first-order valence-corrected chi connectivity index (χ1v) is 10.1. The summed E-state index contributed by atoms with van der Waals surface area (Å²) in [6, 6.07) is 11.9. The maximum atomic E-state index is 12.7. The predicted molar refractivity (Wildman–Crippen MR) is 105 cm³/mol. The van der Waals surface area contributed by atoms with Crippen LogP contribution in [0.3, 0.4) is 0 Å². The molecule has 0 saturated heterocycles. The molecule has 3 rings (SSSR count). The van der Waals surface area contributed by atoms with Gasteiger partial charge >= 0.3 is 0 Å². The molecule has 1 aliphatic rings. The maximum absolute atomic E-state index is 12.7. The van der Waals surface area contributed by atoms with E-state index >= 15 is 0 Å². The molecular formula is C20H22N2O4S. The van der Waals surface area contributed by atoms with Crippen molar-refractivity contribution in [3.05, 3.63) is 59.2 Å². The molecule has 0 radical (unpaired) electrons. The van der Waals surface area contributed by atoms with E-state index in [1.54, 1.807) is 18.2 Å². The number of benzene rings is 2. The lowest BCUT2D eigenvalue weighted by molar-refractivity contribution is -0.110. The number of allylic oxidation sites excluding steroid dienone is 1. The Morgan fingerprint density at radius 3 is 2.44 bits per heavy atom. The van der Waals surface area contributed by atoms with Crippen LogP contribution in [-0.2, 0) is 21.4 Å². The van der Waals surface area contributed by atoms with Gasteiger partial charge < -0.3 is 10.1 Å². The van der Waals surface area contributed by atoms with E-state index in [0.29, 0.717) is 23.4 Å². The van der Waals surface area contributed by atoms with Crippen LogP contribution in [0, 0.1) is 0 Å². The van der Waals surface area contributed by atoms with E-state index < -0.39 is 10.0 Å². The number of nitrogens with one attached hydrogen (secondary N) is 2. The van der Waals surface area contributed by atoms with Gasteiger partial charge in [-0.05, 0) is 56.7 Å². The molecule has 0 fully saturated rings. The van der Waals surface area contributed by atoms with Crippen molar-refractivity contribution < 1.29 is 17.9 Å². The van der Waals surface area contributed by atoms with E-state index in [0.717, 1.165) is 16.9 Å². The van der Waals surface area contributed by atoms with Crippen molar-refractivity contribution in [1.29, 1.82) is 0 Å². The minimum Gasteiger partial charge on any atom is -0.494 e. The molecule has 27 heavy (non-hydrogen) atoms. The van der Waals surface area contributed by atoms with Crippen LogP contribution in [0.15, 0.2) is 52.9 Å². The van der Waals surface area contributed by atoms with Crippen molar-refractivity contribution in [1.82, 2.24) is 4.72 Å². The molecule has 0 saturated carbocycles. The summed E-state index contributed by atoms with van der Waals surface area (Å²) >= 11 is 0. The number of ether oxygens (including phenoxy) is 1. The van der Waals surface area contributed by atoms with Crippen molar-refractivity contribution in [3.8, 4) is 5.75 Å². The summed E-state index contributed by atoms with van der Waals surface area (Å²) in [6.07, 6.45) is 0. The largest absolute Gasteiger partial charge is 0.494 e. The SMILES string of the molecule is CCOc1ccc(CNS(=O)(=O)c2ccc3c(c2)C(=C(C)C)C(=O)N3)cc1. The number of hydrogen-bond donors (Lipinski definition) is 2. The summed E-state index contributed by atoms with van der Waals surface area (Å²) in [7, 11) is -3.71. The van der Waals surface area contributed by atoms with Gasteiger partial charge in [-0.3, -0.25) is 4.79 Å². The van der Waals surface area contributed by atoms with Gasteiger partial charge in [0.05, 0.1) is 11.5 Å². The number of sulfonamides is 1. The third-order valence-corrected chi connectivity index (χ3v) is 5.65. The van der Waals surface area contributed by atoms with Crippen LogP contribution in [0.5, 0.6) is 5.75 Å². The van der Waals surface area contributed by atoms with Crippen LogP contribution < -0.4 is 14.8 Å². The lowest BCUT2D eigenvalue weighted by atomic mass is 10.0. The first-order valence-electron chi connectivity index (χ1n) is 8.66. The molecule has 0 unspecified atom stereocenters. The summed E-state index contributed by atoms with van der Waals surface area (Å²) < 4.78 is 33.3. The zero-order valence-corrected chi connectivity index (χ0v) is 16.3. The second kappa shape index (κ2) is 7.54. The van der Waals surface area contributed by atoms with E-state index in [2.05, 4.69) is 10.0 Å². The third kappa shape index (κ3) is 4.04. The predicted octanol–water partition coefficient (Wildman–Crippen LogP) is 3.31. The van der Waals surface area contributed by atoms with Gasteiger partial charge in [-0.1, -0.05) is 17.7 Å². The number of carbonyl (C=O) groups excluding carboxylic acids is 1. The highest BCUT2D eigenvalue weighted by molar-refractivity contribution is 7.89. The highest BCUT2D eigenvalue weighted by Crippen LogP contribution is 2.35. The first-order chi connectivity index (χ1) is 12.8. The second-order valence-corrected chi connectivity index (χ2v) is 8.20. The Kier molecular flexibility index (Phi) is 5.34. The molecule has 0 aromatic heterocycles. The summed E-state index contributed by atoms with van der Waals surface area (Å²) in [5.74, 6) is 0.538. The maximum Gasteiger partial charge on any atom is 0.256 e. The Hall–Kier alpha value is -2.64. The van der Waals surface area contributed by atoms with Crippen LogP contribution in [0.25, 0.3) is 5.57 Å². The summed E-state index contributed by atoms with van der Waals surface area (Å²) in [5.41, 5.74) is 3.42. The molecule has 0 aliphatic carbocycles. The minimum absolute atomic E-state index is 0.127.